The van der Waals surface area contributed by atoms with E-state index in [-0.39, 0.29) is 11.7 Å². The second-order valence-electron chi connectivity index (χ2n) is 6.34. The highest BCUT2D eigenvalue weighted by Gasteiger charge is 2.27. The molecule has 0 saturated carbocycles. The Balaban J connectivity index is 1.76. The lowest BCUT2D eigenvalue weighted by Gasteiger charge is -2.24. The highest BCUT2D eigenvalue weighted by Crippen LogP contribution is 2.20. The largest absolute Gasteiger partial charge is 0.341 e. The van der Waals surface area contributed by atoms with Gasteiger partial charge in [-0.1, -0.05) is 42.5 Å². The zero-order chi connectivity index (χ0) is 16.9. The van der Waals surface area contributed by atoms with Crippen molar-refractivity contribution < 1.29 is 9.18 Å². The summed E-state index contributed by atoms with van der Waals surface area (Å²) in [5.74, 6) is -0.109. The first-order chi connectivity index (χ1) is 11.6. The molecule has 1 atom stereocenters. The Labute approximate surface area is 142 Å². The zero-order valence-electron chi connectivity index (χ0n) is 14.0. The Morgan fingerprint density at radius 3 is 2.54 bits per heavy atom. The first kappa shape index (κ1) is 16.7. The number of benzene rings is 2. The molecule has 3 nitrogen and oxygen atoms in total. The van der Waals surface area contributed by atoms with E-state index >= 15 is 0 Å². The number of aryl methyl sites for hydroxylation is 1. The summed E-state index contributed by atoms with van der Waals surface area (Å²) in [5.41, 5.74) is 2.42. The summed E-state index contributed by atoms with van der Waals surface area (Å²) in [6.45, 7) is 3.85. The summed E-state index contributed by atoms with van der Waals surface area (Å²) >= 11 is 0. The molecule has 1 heterocycles. The molecule has 1 fully saturated rings. The molecular weight excluding hydrogens is 303 g/mol. The number of rotatable bonds is 5. The Morgan fingerprint density at radius 1 is 1.17 bits per heavy atom. The van der Waals surface area contributed by atoms with Crippen LogP contribution in [0, 0.1) is 12.7 Å². The lowest BCUT2D eigenvalue weighted by molar-refractivity contribution is -0.132. The molecule has 0 radical (unpaired) electrons. The minimum absolute atomic E-state index is 0.103. The molecule has 2 aromatic carbocycles. The number of likely N-dealkylation sites (tertiary alicyclic amines) is 1. The van der Waals surface area contributed by atoms with Gasteiger partial charge in [0.05, 0.1) is 0 Å². The topological polar surface area (TPSA) is 32.3 Å². The SMILES string of the molecule is Cc1ccc(CNC(C(=O)N2CCCC2)c2ccccc2)cc1F. The van der Waals surface area contributed by atoms with Gasteiger partial charge in [0, 0.05) is 19.6 Å². The van der Waals surface area contributed by atoms with Gasteiger partial charge >= 0.3 is 0 Å². The van der Waals surface area contributed by atoms with Crippen LogP contribution in [0.5, 0.6) is 0 Å². The van der Waals surface area contributed by atoms with Gasteiger partial charge in [0.1, 0.15) is 11.9 Å². The van der Waals surface area contributed by atoms with Crippen LogP contribution >= 0.6 is 0 Å². The molecule has 1 unspecified atom stereocenters. The third-order valence-corrected chi connectivity index (χ3v) is 4.54. The van der Waals surface area contributed by atoms with Crippen molar-refractivity contribution in [3.05, 3.63) is 71.0 Å². The molecule has 1 saturated heterocycles. The predicted molar refractivity (Wildman–Crippen MR) is 93.0 cm³/mol. The summed E-state index contributed by atoms with van der Waals surface area (Å²) in [6.07, 6.45) is 2.13. The molecule has 2 aromatic rings. The second-order valence-corrected chi connectivity index (χ2v) is 6.34. The Kier molecular flexibility index (Phi) is 5.26. The highest BCUT2D eigenvalue weighted by atomic mass is 19.1. The van der Waals surface area contributed by atoms with E-state index in [4.69, 9.17) is 0 Å². The van der Waals surface area contributed by atoms with Crippen LogP contribution in [0.15, 0.2) is 48.5 Å². The Hall–Kier alpha value is -2.20. The molecule has 126 valence electrons. The Bertz CT molecular complexity index is 696. The minimum atomic E-state index is -0.395. The van der Waals surface area contributed by atoms with Crippen molar-refractivity contribution in [1.82, 2.24) is 10.2 Å². The molecule has 3 rings (SSSR count). The van der Waals surface area contributed by atoms with Crippen molar-refractivity contribution in [2.75, 3.05) is 13.1 Å². The van der Waals surface area contributed by atoms with E-state index < -0.39 is 6.04 Å². The lowest BCUT2D eigenvalue weighted by atomic mass is 10.0. The van der Waals surface area contributed by atoms with Crippen molar-refractivity contribution >= 4 is 5.91 Å². The van der Waals surface area contributed by atoms with Crippen LogP contribution in [0.1, 0.15) is 35.6 Å². The highest BCUT2D eigenvalue weighted by molar-refractivity contribution is 5.83. The quantitative estimate of drug-likeness (QED) is 0.911. The van der Waals surface area contributed by atoms with Crippen molar-refractivity contribution in [3.63, 3.8) is 0 Å². The van der Waals surface area contributed by atoms with E-state index in [0.29, 0.717) is 12.1 Å². The van der Waals surface area contributed by atoms with Gasteiger partial charge in [-0.3, -0.25) is 10.1 Å². The molecule has 1 amide bonds. The third kappa shape index (κ3) is 3.82. The van der Waals surface area contributed by atoms with Gasteiger partial charge in [0.15, 0.2) is 0 Å². The van der Waals surface area contributed by atoms with Crippen LogP contribution in [-0.2, 0) is 11.3 Å². The fraction of sp³-hybridized carbons (Fsp3) is 0.350. The van der Waals surface area contributed by atoms with Crippen molar-refractivity contribution in [3.8, 4) is 0 Å². The molecule has 4 heteroatoms. The van der Waals surface area contributed by atoms with E-state index in [0.717, 1.165) is 37.1 Å². The second kappa shape index (κ2) is 7.58. The maximum absolute atomic E-state index is 13.7. The maximum atomic E-state index is 13.7. The number of hydrogen-bond donors (Lipinski definition) is 1. The van der Waals surface area contributed by atoms with Crippen LogP contribution in [-0.4, -0.2) is 23.9 Å². The van der Waals surface area contributed by atoms with Crippen LogP contribution in [0.2, 0.25) is 0 Å². The number of nitrogens with zero attached hydrogens (tertiary/aromatic N) is 1. The smallest absolute Gasteiger partial charge is 0.244 e. The van der Waals surface area contributed by atoms with Crippen LogP contribution in [0.4, 0.5) is 4.39 Å². The number of halogens is 1. The van der Waals surface area contributed by atoms with E-state index in [1.807, 2.05) is 41.3 Å². The van der Waals surface area contributed by atoms with Gasteiger partial charge < -0.3 is 4.90 Å². The third-order valence-electron chi connectivity index (χ3n) is 4.54. The molecular formula is C20H23FN2O. The number of nitrogens with one attached hydrogen (secondary N) is 1. The Morgan fingerprint density at radius 2 is 1.88 bits per heavy atom. The number of amides is 1. The van der Waals surface area contributed by atoms with Gasteiger partial charge in [-0.25, -0.2) is 4.39 Å². The number of carbonyl (C=O) groups excluding carboxylic acids is 1. The zero-order valence-corrected chi connectivity index (χ0v) is 14.0. The first-order valence-corrected chi connectivity index (χ1v) is 8.47. The monoisotopic (exact) mass is 326 g/mol. The standard InChI is InChI=1S/C20H23FN2O/c1-15-9-10-16(13-18(15)21)14-22-19(17-7-3-2-4-8-17)20(24)23-11-5-6-12-23/h2-4,7-10,13,19,22H,5-6,11-12,14H2,1H3. The fourth-order valence-corrected chi connectivity index (χ4v) is 3.08. The van der Waals surface area contributed by atoms with Crippen molar-refractivity contribution in [1.29, 1.82) is 0 Å². The molecule has 0 spiro atoms. The van der Waals surface area contributed by atoms with Crippen LogP contribution < -0.4 is 5.32 Å². The molecule has 24 heavy (non-hydrogen) atoms. The van der Waals surface area contributed by atoms with E-state index in [1.54, 1.807) is 13.0 Å². The predicted octanol–water partition coefficient (Wildman–Crippen LogP) is 3.59. The summed E-state index contributed by atoms with van der Waals surface area (Å²) in [6, 6.07) is 14.5. The van der Waals surface area contributed by atoms with Gasteiger partial charge in [-0.05, 0) is 42.5 Å². The maximum Gasteiger partial charge on any atom is 0.244 e. The van der Waals surface area contributed by atoms with E-state index in [1.165, 1.54) is 6.07 Å². The summed E-state index contributed by atoms with van der Waals surface area (Å²) in [7, 11) is 0. The molecule has 0 aromatic heterocycles. The summed E-state index contributed by atoms with van der Waals surface area (Å²) in [4.78, 5) is 14.8. The molecule has 1 aliphatic heterocycles. The molecule has 1 N–H and O–H groups in total. The van der Waals surface area contributed by atoms with Gasteiger partial charge in [0.2, 0.25) is 5.91 Å². The van der Waals surface area contributed by atoms with Gasteiger partial charge in [-0.2, -0.15) is 0 Å². The fourth-order valence-electron chi connectivity index (χ4n) is 3.08. The van der Waals surface area contributed by atoms with E-state index in [9.17, 15) is 9.18 Å². The summed E-state index contributed by atoms with van der Waals surface area (Å²) < 4.78 is 13.7. The molecule has 0 aliphatic carbocycles. The summed E-state index contributed by atoms with van der Waals surface area (Å²) in [5, 5.41) is 3.32. The molecule has 1 aliphatic rings. The van der Waals surface area contributed by atoms with Crippen molar-refractivity contribution in [2.45, 2.75) is 32.4 Å². The lowest BCUT2D eigenvalue weighted by Crippen LogP contribution is -2.39. The number of carbonyl (C=O) groups is 1. The average Bonchev–Trinajstić information content (AvgIpc) is 3.13. The van der Waals surface area contributed by atoms with Gasteiger partial charge in [0.25, 0.3) is 0 Å². The average molecular weight is 326 g/mol. The first-order valence-electron chi connectivity index (χ1n) is 8.47. The molecule has 0 bridgehead atoms. The van der Waals surface area contributed by atoms with Crippen LogP contribution in [0.25, 0.3) is 0 Å². The van der Waals surface area contributed by atoms with E-state index in [2.05, 4.69) is 5.32 Å². The van der Waals surface area contributed by atoms with Crippen LogP contribution in [0.3, 0.4) is 0 Å². The normalized spacial score (nSPS) is 15.5. The van der Waals surface area contributed by atoms with Crippen molar-refractivity contribution in [2.24, 2.45) is 0 Å². The number of hydrogen-bond acceptors (Lipinski definition) is 2. The van der Waals surface area contributed by atoms with Gasteiger partial charge in [-0.15, -0.1) is 0 Å². The minimum Gasteiger partial charge on any atom is -0.341 e.